The maximum atomic E-state index is 13.8. The topological polar surface area (TPSA) is 105 Å². The zero-order valence-electron chi connectivity index (χ0n) is 21.8. The van der Waals surface area contributed by atoms with Crippen LogP contribution in [-0.2, 0) is 14.3 Å². The van der Waals surface area contributed by atoms with Crippen LogP contribution >= 0.6 is 11.3 Å². The Morgan fingerprint density at radius 3 is 2.45 bits per heavy atom. The summed E-state index contributed by atoms with van der Waals surface area (Å²) in [5.41, 5.74) is 1.79. The summed E-state index contributed by atoms with van der Waals surface area (Å²) in [6, 6.07) is 11.5. The third-order valence-electron chi connectivity index (χ3n) is 5.76. The number of benzene rings is 2. The van der Waals surface area contributed by atoms with Gasteiger partial charge in [-0.15, -0.1) is 0 Å². The number of hydrogen-bond donors (Lipinski definition) is 0. The SMILES string of the molecule is CCOC(=O)C1=C(C)N=c2s/c(=C/c3ccc(OCC)cc3)c(=O)n2[C@@H]1c1ccc(OC(C)=O)c(OC)c1. The van der Waals surface area contributed by atoms with Crippen LogP contribution < -0.4 is 29.1 Å². The highest BCUT2D eigenvalue weighted by atomic mass is 32.1. The summed E-state index contributed by atoms with van der Waals surface area (Å²) in [4.78, 5) is 43.4. The lowest BCUT2D eigenvalue weighted by molar-refractivity contribution is -0.139. The first kappa shape index (κ1) is 26.9. The van der Waals surface area contributed by atoms with Gasteiger partial charge in [-0.3, -0.25) is 14.2 Å². The average Bonchev–Trinajstić information content (AvgIpc) is 3.18. The van der Waals surface area contributed by atoms with E-state index in [9.17, 15) is 14.4 Å². The third-order valence-corrected chi connectivity index (χ3v) is 6.75. The molecule has 0 spiro atoms. The summed E-state index contributed by atoms with van der Waals surface area (Å²) in [6.07, 6.45) is 1.78. The van der Waals surface area contributed by atoms with Crippen molar-refractivity contribution in [1.82, 2.24) is 4.57 Å². The van der Waals surface area contributed by atoms with Crippen molar-refractivity contribution in [1.29, 1.82) is 0 Å². The van der Waals surface area contributed by atoms with Crippen molar-refractivity contribution in [3.63, 3.8) is 0 Å². The smallest absolute Gasteiger partial charge is 0.338 e. The lowest BCUT2D eigenvalue weighted by atomic mass is 9.95. The first-order valence-electron chi connectivity index (χ1n) is 12.1. The van der Waals surface area contributed by atoms with Gasteiger partial charge in [0.15, 0.2) is 16.3 Å². The first-order valence-corrected chi connectivity index (χ1v) is 12.9. The number of nitrogens with zero attached hydrogens (tertiary/aromatic N) is 2. The second-order valence-corrected chi connectivity index (χ2v) is 9.32. The lowest BCUT2D eigenvalue weighted by Gasteiger charge is -2.25. The monoisotopic (exact) mass is 536 g/mol. The van der Waals surface area contributed by atoms with Crippen molar-refractivity contribution in [2.24, 2.45) is 4.99 Å². The number of aromatic nitrogens is 1. The number of rotatable bonds is 8. The van der Waals surface area contributed by atoms with Crippen molar-refractivity contribution in [3.8, 4) is 17.2 Å². The molecule has 2 aromatic carbocycles. The summed E-state index contributed by atoms with van der Waals surface area (Å²) >= 11 is 1.23. The predicted octanol–water partition coefficient (Wildman–Crippen LogP) is 3.13. The summed E-state index contributed by atoms with van der Waals surface area (Å²) < 4.78 is 23.5. The van der Waals surface area contributed by atoms with Crippen LogP contribution in [0.15, 0.2) is 63.5 Å². The maximum absolute atomic E-state index is 13.8. The number of carbonyl (C=O) groups excluding carboxylic acids is 2. The second kappa shape index (κ2) is 11.5. The number of thiazole rings is 1. The summed E-state index contributed by atoms with van der Waals surface area (Å²) in [7, 11) is 1.45. The Kier molecular flexibility index (Phi) is 8.11. The van der Waals surface area contributed by atoms with Gasteiger partial charge in [-0.05, 0) is 62.2 Å². The molecule has 0 N–H and O–H groups in total. The average molecular weight is 537 g/mol. The van der Waals surface area contributed by atoms with Crippen molar-refractivity contribution in [3.05, 3.63) is 84.5 Å². The summed E-state index contributed by atoms with van der Waals surface area (Å²) in [6.45, 7) is 7.36. The van der Waals surface area contributed by atoms with Gasteiger partial charge in [0, 0.05) is 6.92 Å². The van der Waals surface area contributed by atoms with Crippen molar-refractivity contribution in [2.75, 3.05) is 20.3 Å². The number of carbonyl (C=O) groups is 2. The fraction of sp³-hybridized carbons (Fsp3) is 0.286. The molecule has 10 heteroatoms. The molecule has 1 aliphatic rings. The number of hydrogen-bond acceptors (Lipinski definition) is 9. The highest BCUT2D eigenvalue weighted by molar-refractivity contribution is 7.07. The van der Waals surface area contributed by atoms with E-state index >= 15 is 0 Å². The van der Waals surface area contributed by atoms with Crippen LogP contribution in [0.25, 0.3) is 6.08 Å². The molecule has 0 aliphatic carbocycles. The lowest BCUT2D eigenvalue weighted by Crippen LogP contribution is -2.40. The van der Waals surface area contributed by atoms with Gasteiger partial charge < -0.3 is 18.9 Å². The molecule has 4 rings (SSSR count). The molecular weight excluding hydrogens is 508 g/mol. The Balaban J connectivity index is 1.90. The molecule has 0 saturated carbocycles. The minimum absolute atomic E-state index is 0.166. The molecule has 3 aromatic rings. The molecule has 38 heavy (non-hydrogen) atoms. The fourth-order valence-corrected chi connectivity index (χ4v) is 5.23. The van der Waals surface area contributed by atoms with E-state index in [1.807, 2.05) is 31.2 Å². The standard InChI is InChI=1S/C28H28N2O7S/c1-6-35-20-11-8-18(9-12-20)14-23-26(32)30-25(19-10-13-21(37-17(4)31)22(15-19)34-5)24(27(33)36-7-2)16(3)29-28(30)38-23/h8-15,25H,6-7H2,1-5H3/b23-14+/t25-/m1/s1. The zero-order valence-corrected chi connectivity index (χ0v) is 22.6. The quantitative estimate of drug-likeness (QED) is 0.322. The molecule has 0 saturated heterocycles. The van der Waals surface area contributed by atoms with Gasteiger partial charge in [-0.25, -0.2) is 9.79 Å². The van der Waals surface area contributed by atoms with Gasteiger partial charge in [-0.1, -0.05) is 29.5 Å². The molecule has 1 aliphatic heterocycles. The van der Waals surface area contributed by atoms with Crippen LogP contribution in [0.4, 0.5) is 0 Å². The molecule has 0 unspecified atom stereocenters. The number of fused-ring (bicyclic) bond motifs is 1. The van der Waals surface area contributed by atoms with Crippen LogP contribution in [0.1, 0.15) is 44.9 Å². The largest absolute Gasteiger partial charge is 0.494 e. The van der Waals surface area contributed by atoms with Crippen LogP contribution in [-0.4, -0.2) is 36.8 Å². The van der Waals surface area contributed by atoms with Crippen molar-refractivity contribution < 1.29 is 28.5 Å². The Morgan fingerprint density at radius 2 is 1.82 bits per heavy atom. The normalized spacial score (nSPS) is 15.0. The van der Waals surface area contributed by atoms with Gasteiger partial charge >= 0.3 is 11.9 Å². The Hall–Kier alpha value is -4.18. The molecular formula is C28H28N2O7S. The zero-order chi connectivity index (χ0) is 27.4. The molecule has 2 heterocycles. The van der Waals surface area contributed by atoms with Crippen LogP contribution in [0.3, 0.4) is 0 Å². The molecule has 1 aromatic heterocycles. The summed E-state index contributed by atoms with van der Waals surface area (Å²) in [5, 5.41) is 0. The van der Waals surface area contributed by atoms with E-state index in [-0.39, 0.29) is 29.2 Å². The molecule has 0 radical (unpaired) electrons. The van der Waals surface area contributed by atoms with Gasteiger partial charge in [0.1, 0.15) is 5.75 Å². The highest BCUT2D eigenvalue weighted by Crippen LogP contribution is 2.36. The molecule has 9 nitrogen and oxygen atoms in total. The van der Waals surface area contributed by atoms with Crippen LogP contribution in [0.5, 0.6) is 17.2 Å². The summed E-state index contributed by atoms with van der Waals surface area (Å²) in [5.74, 6) is 0.188. The number of esters is 2. The van der Waals surface area contributed by atoms with Gasteiger partial charge in [-0.2, -0.15) is 0 Å². The third kappa shape index (κ3) is 5.40. The van der Waals surface area contributed by atoms with Gasteiger partial charge in [0.25, 0.3) is 5.56 Å². The number of methoxy groups -OCH3 is 1. The van der Waals surface area contributed by atoms with Crippen molar-refractivity contribution in [2.45, 2.75) is 33.7 Å². The first-order chi connectivity index (χ1) is 18.3. The van der Waals surface area contributed by atoms with E-state index in [2.05, 4.69) is 4.99 Å². The predicted molar refractivity (Wildman–Crippen MR) is 142 cm³/mol. The molecule has 198 valence electrons. The molecule has 0 bridgehead atoms. The Bertz CT molecular complexity index is 1580. The molecule has 0 amide bonds. The van der Waals surface area contributed by atoms with Crippen molar-refractivity contribution >= 4 is 29.4 Å². The Labute approximate surface area is 223 Å². The van der Waals surface area contributed by atoms with Gasteiger partial charge in [0.2, 0.25) is 0 Å². The minimum atomic E-state index is -0.826. The number of ether oxygens (including phenoxy) is 4. The maximum Gasteiger partial charge on any atom is 0.338 e. The minimum Gasteiger partial charge on any atom is -0.494 e. The van der Waals surface area contributed by atoms with E-state index in [1.54, 1.807) is 38.1 Å². The van der Waals surface area contributed by atoms with Crippen LogP contribution in [0, 0.1) is 0 Å². The second-order valence-electron chi connectivity index (χ2n) is 8.31. The number of allylic oxidation sites excluding steroid dienone is 1. The molecule has 1 atom stereocenters. The van der Waals surface area contributed by atoms with Crippen LogP contribution in [0.2, 0.25) is 0 Å². The Morgan fingerprint density at radius 1 is 1.08 bits per heavy atom. The van der Waals surface area contributed by atoms with E-state index in [0.29, 0.717) is 27.2 Å². The highest BCUT2D eigenvalue weighted by Gasteiger charge is 2.34. The van der Waals surface area contributed by atoms with E-state index in [4.69, 9.17) is 18.9 Å². The fourth-order valence-electron chi connectivity index (χ4n) is 4.18. The molecule has 0 fully saturated rings. The van der Waals surface area contributed by atoms with E-state index in [0.717, 1.165) is 11.3 Å². The van der Waals surface area contributed by atoms with E-state index in [1.165, 1.54) is 29.9 Å². The van der Waals surface area contributed by atoms with Gasteiger partial charge in [0.05, 0.1) is 42.2 Å². The van der Waals surface area contributed by atoms with E-state index < -0.39 is 18.0 Å².